The molecule has 0 amide bonds. The van der Waals surface area contributed by atoms with Gasteiger partial charge in [0.15, 0.2) is 5.16 Å². The van der Waals surface area contributed by atoms with Crippen molar-refractivity contribution < 1.29 is 14.3 Å². The van der Waals surface area contributed by atoms with E-state index in [9.17, 15) is 9.18 Å². The topological polar surface area (TPSA) is 74.5 Å². The summed E-state index contributed by atoms with van der Waals surface area (Å²) in [5.41, 5.74) is 0.915. The number of rotatable bonds is 5. The molecule has 9 heteroatoms. The highest BCUT2D eigenvalue weighted by Gasteiger charge is 2.43. The lowest BCUT2D eigenvalue weighted by atomic mass is 10.00. The summed E-state index contributed by atoms with van der Waals surface area (Å²) >= 11 is 1.41. The van der Waals surface area contributed by atoms with Gasteiger partial charge in [0.1, 0.15) is 17.4 Å². The molecular weight excluding hydrogens is 357 g/mol. The Labute approximate surface area is 154 Å². The van der Waals surface area contributed by atoms with E-state index in [1.54, 1.807) is 12.1 Å². The third-order valence-electron chi connectivity index (χ3n) is 4.92. The first-order chi connectivity index (χ1) is 12.7. The Hall–Kier alpha value is -1.81. The Balaban J connectivity index is 1.60. The van der Waals surface area contributed by atoms with Gasteiger partial charge in [-0.25, -0.2) is 9.37 Å². The van der Waals surface area contributed by atoms with Crippen LogP contribution in [0.15, 0.2) is 35.7 Å². The van der Waals surface area contributed by atoms with E-state index in [2.05, 4.69) is 19.9 Å². The Bertz CT molecular complexity index is 776. The summed E-state index contributed by atoms with van der Waals surface area (Å²) in [4.78, 5) is 21.5. The Morgan fingerprint density at radius 1 is 1.23 bits per heavy atom. The zero-order valence-electron chi connectivity index (χ0n) is 14.2. The molecule has 1 saturated heterocycles. The van der Waals surface area contributed by atoms with Crippen LogP contribution in [0.1, 0.15) is 16.4 Å². The zero-order chi connectivity index (χ0) is 18.1. The lowest BCUT2D eigenvalue weighted by Crippen LogP contribution is -2.50. The van der Waals surface area contributed by atoms with Crippen LogP contribution in [0.3, 0.4) is 0 Å². The number of fused-ring (bicyclic) bond motifs is 1. The van der Waals surface area contributed by atoms with Crippen LogP contribution in [0.25, 0.3) is 0 Å². The highest BCUT2D eigenvalue weighted by molar-refractivity contribution is 8.00. The molecule has 0 spiro atoms. The van der Waals surface area contributed by atoms with Gasteiger partial charge in [-0.1, -0.05) is 23.9 Å². The van der Waals surface area contributed by atoms with Crippen LogP contribution in [0, 0.1) is 5.82 Å². The predicted molar refractivity (Wildman–Crippen MR) is 94.5 cm³/mol. The number of halogens is 1. The molecule has 1 N–H and O–H groups in total. The van der Waals surface area contributed by atoms with Gasteiger partial charge in [0.05, 0.1) is 12.6 Å². The smallest absolute Gasteiger partial charge is 0.264 e. The minimum Gasteiger partial charge on any atom is -0.395 e. The molecule has 2 aliphatic heterocycles. The molecule has 7 nitrogen and oxygen atoms in total. The number of nitrogens with zero attached hydrogens (tertiary/aromatic N) is 5. The SMILES string of the molecule is O=C1C(C(c2ccc(F)cc2)N2CCN(CCO)CC2)Sc2ncnn21. The summed E-state index contributed by atoms with van der Waals surface area (Å²) < 4.78 is 14.8. The second kappa shape index (κ2) is 7.43. The molecule has 4 rings (SSSR count). The van der Waals surface area contributed by atoms with Gasteiger partial charge < -0.3 is 5.11 Å². The summed E-state index contributed by atoms with van der Waals surface area (Å²) in [5.74, 6) is -0.380. The molecule has 0 saturated carbocycles. The number of aliphatic hydroxyl groups excluding tert-OH is 1. The standard InChI is InChI=1S/C17H20FN5O2S/c18-13-3-1-12(2-4-13)14(22-7-5-21(6-8-22)9-10-24)15-16(25)23-17(26-15)19-11-20-23/h1-4,11,14-15,24H,5-10H2. The number of piperazine rings is 1. The monoisotopic (exact) mass is 377 g/mol. The molecule has 0 bridgehead atoms. The van der Waals surface area contributed by atoms with Gasteiger partial charge in [0.25, 0.3) is 5.91 Å². The lowest BCUT2D eigenvalue weighted by molar-refractivity contribution is 0.0689. The number of thioether (sulfide) groups is 1. The Kier molecular flexibility index (Phi) is 5.03. The molecule has 2 atom stereocenters. The summed E-state index contributed by atoms with van der Waals surface area (Å²) in [7, 11) is 0. The van der Waals surface area contributed by atoms with Crippen LogP contribution in [0.4, 0.5) is 4.39 Å². The van der Waals surface area contributed by atoms with Crippen molar-refractivity contribution in [3.8, 4) is 0 Å². The van der Waals surface area contributed by atoms with Crippen LogP contribution in [0.5, 0.6) is 0 Å². The normalized spacial score (nSPS) is 22.5. The third-order valence-corrected chi connectivity index (χ3v) is 6.12. The molecule has 1 aromatic heterocycles. The van der Waals surface area contributed by atoms with E-state index < -0.39 is 0 Å². The van der Waals surface area contributed by atoms with Crippen LogP contribution in [0.2, 0.25) is 0 Å². The minimum atomic E-state index is -0.360. The quantitative estimate of drug-likeness (QED) is 0.829. The maximum atomic E-state index is 13.4. The van der Waals surface area contributed by atoms with Crippen LogP contribution < -0.4 is 0 Å². The molecule has 26 heavy (non-hydrogen) atoms. The summed E-state index contributed by atoms with van der Waals surface area (Å²) in [6.07, 6.45) is 1.39. The second-order valence-corrected chi connectivity index (χ2v) is 7.54. The van der Waals surface area contributed by atoms with Crippen molar-refractivity contribution in [3.05, 3.63) is 42.0 Å². The van der Waals surface area contributed by atoms with Crippen molar-refractivity contribution in [2.24, 2.45) is 0 Å². The van der Waals surface area contributed by atoms with E-state index in [1.807, 2.05) is 0 Å². The molecule has 3 heterocycles. The van der Waals surface area contributed by atoms with E-state index in [4.69, 9.17) is 5.11 Å². The van der Waals surface area contributed by atoms with Crippen molar-refractivity contribution in [2.45, 2.75) is 16.4 Å². The van der Waals surface area contributed by atoms with Gasteiger partial charge in [-0.2, -0.15) is 9.78 Å². The summed E-state index contributed by atoms with van der Waals surface area (Å²) in [5, 5.41) is 13.4. The number of aliphatic hydroxyl groups is 1. The number of hydrogen-bond acceptors (Lipinski definition) is 7. The highest BCUT2D eigenvalue weighted by Crippen LogP contribution is 2.40. The fourth-order valence-corrected chi connectivity index (χ4v) is 4.82. The molecule has 2 unspecified atom stereocenters. The first-order valence-corrected chi connectivity index (χ1v) is 9.49. The van der Waals surface area contributed by atoms with Crippen molar-refractivity contribution in [2.75, 3.05) is 39.3 Å². The molecule has 1 fully saturated rings. The molecule has 1 aromatic carbocycles. The molecule has 2 aromatic rings. The van der Waals surface area contributed by atoms with Gasteiger partial charge in [-0.3, -0.25) is 14.6 Å². The van der Waals surface area contributed by atoms with Gasteiger partial charge in [-0.15, -0.1) is 0 Å². The van der Waals surface area contributed by atoms with E-state index in [1.165, 1.54) is 34.9 Å². The number of carbonyl (C=O) groups is 1. The van der Waals surface area contributed by atoms with E-state index in [0.717, 1.165) is 31.7 Å². The largest absolute Gasteiger partial charge is 0.395 e. The number of benzene rings is 1. The average Bonchev–Trinajstić information content (AvgIpc) is 3.22. The Morgan fingerprint density at radius 2 is 1.96 bits per heavy atom. The van der Waals surface area contributed by atoms with Gasteiger partial charge in [0, 0.05) is 32.7 Å². The zero-order valence-corrected chi connectivity index (χ0v) is 15.0. The maximum Gasteiger partial charge on any atom is 0.264 e. The fourth-order valence-electron chi connectivity index (χ4n) is 3.59. The fraction of sp³-hybridized carbons (Fsp3) is 0.471. The molecule has 0 radical (unpaired) electrons. The van der Waals surface area contributed by atoms with E-state index >= 15 is 0 Å². The number of β-amino-alcohol motifs (C(OH)–C–C–N with tert-alkyl or cyclic N) is 1. The lowest BCUT2D eigenvalue weighted by Gasteiger charge is -2.40. The molecular formula is C17H20FN5O2S. The van der Waals surface area contributed by atoms with Crippen molar-refractivity contribution in [1.82, 2.24) is 24.6 Å². The molecule has 138 valence electrons. The first kappa shape index (κ1) is 17.6. The number of carbonyl (C=O) groups excluding carboxylic acids is 1. The van der Waals surface area contributed by atoms with E-state index in [-0.39, 0.29) is 29.6 Å². The Morgan fingerprint density at radius 3 is 2.62 bits per heavy atom. The average molecular weight is 377 g/mol. The van der Waals surface area contributed by atoms with Gasteiger partial charge in [-0.05, 0) is 17.7 Å². The van der Waals surface area contributed by atoms with Gasteiger partial charge >= 0.3 is 0 Å². The predicted octanol–water partition coefficient (Wildman–Crippen LogP) is 0.883. The number of aromatic nitrogens is 3. The molecule has 2 aliphatic rings. The second-order valence-electron chi connectivity index (χ2n) is 6.43. The van der Waals surface area contributed by atoms with Gasteiger partial charge in [0.2, 0.25) is 0 Å². The summed E-state index contributed by atoms with van der Waals surface area (Å²) in [6, 6.07) is 6.20. The van der Waals surface area contributed by atoms with E-state index in [0.29, 0.717) is 11.7 Å². The third kappa shape index (κ3) is 3.27. The maximum absolute atomic E-state index is 13.4. The summed E-state index contributed by atoms with van der Waals surface area (Å²) in [6.45, 7) is 4.01. The van der Waals surface area contributed by atoms with Crippen LogP contribution >= 0.6 is 11.8 Å². The van der Waals surface area contributed by atoms with Crippen LogP contribution in [-0.4, -0.2) is 80.2 Å². The van der Waals surface area contributed by atoms with Crippen LogP contribution in [-0.2, 0) is 0 Å². The van der Waals surface area contributed by atoms with Crippen molar-refractivity contribution >= 4 is 17.7 Å². The highest BCUT2D eigenvalue weighted by atomic mass is 32.2. The van der Waals surface area contributed by atoms with Crippen molar-refractivity contribution in [1.29, 1.82) is 0 Å². The minimum absolute atomic E-state index is 0.0883. The first-order valence-electron chi connectivity index (χ1n) is 8.61. The van der Waals surface area contributed by atoms with Crippen molar-refractivity contribution in [3.63, 3.8) is 0 Å². The molecule has 0 aliphatic carbocycles. The number of hydrogen-bond donors (Lipinski definition) is 1.